The Morgan fingerprint density at radius 3 is 2.17 bits per heavy atom. The third kappa shape index (κ3) is 0.916. The number of rotatable bonds is 1. The molecule has 0 radical (unpaired) electrons. The van der Waals surface area contributed by atoms with E-state index in [0.717, 1.165) is 5.56 Å². The lowest BCUT2D eigenvalue weighted by Gasteiger charge is -2.01. The van der Waals surface area contributed by atoms with E-state index < -0.39 is 5.60 Å². The van der Waals surface area contributed by atoms with Crippen molar-refractivity contribution in [2.75, 3.05) is 0 Å². The minimum absolute atomic E-state index is 0.133. The second-order valence-corrected chi connectivity index (χ2v) is 3.29. The normalized spacial score (nSPS) is 26.7. The molecule has 0 spiro atoms. The van der Waals surface area contributed by atoms with Crippen molar-refractivity contribution in [2.45, 2.75) is 19.4 Å². The van der Waals surface area contributed by atoms with Crippen LogP contribution in [0.15, 0.2) is 24.3 Å². The Labute approximate surface area is 71.2 Å². The first-order valence-corrected chi connectivity index (χ1v) is 3.93. The van der Waals surface area contributed by atoms with E-state index in [4.69, 9.17) is 4.74 Å². The molecular formula is C10H10O2. The topological polar surface area (TPSA) is 29.6 Å². The number of carbonyl (C=O) groups excluding carboxylic acids is 1. The van der Waals surface area contributed by atoms with Crippen LogP contribution >= 0.6 is 0 Å². The average Bonchev–Trinajstić information content (AvgIpc) is 2.62. The average molecular weight is 162 g/mol. The molecule has 0 aliphatic carbocycles. The van der Waals surface area contributed by atoms with Crippen molar-refractivity contribution >= 4 is 5.97 Å². The summed E-state index contributed by atoms with van der Waals surface area (Å²) in [5.41, 5.74) is 1.49. The van der Waals surface area contributed by atoms with E-state index in [1.807, 2.05) is 31.2 Å². The summed E-state index contributed by atoms with van der Waals surface area (Å²) in [6, 6.07) is 7.82. The van der Waals surface area contributed by atoms with Crippen LogP contribution in [0.4, 0.5) is 0 Å². The van der Waals surface area contributed by atoms with Crippen molar-refractivity contribution in [2.24, 2.45) is 0 Å². The Morgan fingerprint density at radius 2 is 1.75 bits per heavy atom. The summed E-state index contributed by atoms with van der Waals surface area (Å²) in [5, 5.41) is 0. The minimum atomic E-state index is -0.645. The molecule has 1 heterocycles. The molecule has 1 aromatic carbocycles. The molecule has 1 saturated heterocycles. The second kappa shape index (κ2) is 2.09. The molecule has 12 heavy (non-hydrogen) atoms. The van der Waals surface area contributed by atoms with Gasteiger partial charge in [0.15, 0.2) is 0 Å². The van der Waals surface area contributed by atoms with Gasteiger partial charge in [-0.2, -0.15) is 0 Å². The van der Waals surface area contributed by atoms with Crippen LogP contribution < -0.4 is 0 Å². The predicted molar refractivity (Wildman–Crippen MR) is 44.6 cm³/mol. The van der Waals surface area contributed by atoms with Crippen LogP contribution in [0.5, 0.6) is 0 Å². The van der Waals surface area contributed by atoms with Crippen LogP contribution in [0.25, 0.3) is 0 Å². The summed E-state index contributed by atoms with van der Waals surface area (Å²) in [7, 11) is 0. The fraction of sp³-hybridized carbons (Fsp3) is 0.300. The molecule has 62 valence electrons. The summed E-state index contributed by atoms with van der Waals surface area (Å²) < 4.78 is 4.89. The smallest absolute Gasteiger partial charge is 0.356 e. The van der Waals surface area contributed by atoms with Gasteiger partial charge in [-0.25, -0.2) is 4.79 Å². The number of epoxide rings is 1. The Bertz CT molecular complexity index is 326. The molecule has 0 bridgehead atoms. The third-order valence-electron chi connectivity index (χ3n) is 2.25. The van der Waals surface area contributed by atoms with Gasteiger partial charge >= 0.3 is 5.97 Å². The Morgan fingerprint density at radius 1 is 1.25 bits per heavy atom. The van der Waals surface area contributed by atoms with E-state index >= 15 is 0 Å². The van der Waals surface area contributed by atoms with Gasteiger partial charge in [0, 0.05) is 5.56 Å². The van der Waals surface area contributed by atoms with Crippen molar-refractivity contribution in [3.05, 3.63) is 35.4 Å². The molecule has 1 aliphatic rings. The monoisotopic (exact) mass is 162 g/mol. The maximum Gasteiger partial charge on any atom is 0.356 e. The van der Waals surface area contributed by atoms with Crippen LogP contribution in [-0.4, -0.2) is 5.97 Å². The molecule has 2 rings (SSSR count). The van der Waals surface area contributed by atoms with Gasteiger partial charge < -0.3 is 4.74 Å². The number of ether oxygens (including phenoxy) is 1. The fourth-order valence-electron chi connectivity index (χ4n) is 1.21. The standard InChI is InChI=1S/C10H10O2/c1-7-3-5-8(6-4-7)10(2)9(11)12-10/h3-6H,1-2H3. The van der Waals surface area contributed by atoms with Crippen molar-refractivity contribution < 1.29 is 9.53 Å². The molecule has 0 N–H and O–H groups in total. The highest BCUT2D eigenvalue weighted by atomic mass is 16.7. The van der Waals surface area contributed by atoms with Crippen LogP contribution in [0.2, 0.25) is 0 Å². The van der Waals surface area contributed by atoms with Gasteiger partial charge in [0.2, 0.25) is 5.60 Å². The van der Waals surface area contributed by atoms with Gasteiger partial charge in [0.05, 0.1) is 0 Å². The first-order valence-electron chi connectivity index (χ1n) is 3.93. The highest BCUT2D eigenvalue weighted by Crippen LogP contribution is 2.39. The molecular weight excluding hydrogens is 152 g/mol. The lowest BCUT2D eigenvalue weighted by Crippen LogP contribution is -2.03. The number of hydrogen-bond acceptors (Lipinski definition) is 2. The van der Waals surface area contributed by atoms with Gasteiger partial charge in [-0.1, -0.05) is 29.8 Å². The maximum absolute atomic E-state index is 10.9. The van der Waals surface area contributed by atoms with E-state index in [1.165, 1.54) is 5.56 Å². The number of hydrogen-bond donors (Lipinski definition) is 0. The van der Waals surface area contributed by atoms with E-state index in [-0.39, 0.29) is 5.97 Å². The van der Waals surface area contributed by atoms with Crippen molar-refractivity contribution in [3.8, 4) is 0 Å². The Balaban J connectivity index is 2.37. The highest BCUT2D eigenvalue weighted by molar-refractivity contribution is 5.93. The summed E-state index contributed by atoms with van der Waals surface area (Å²) in [6.45, 7) is 3.81. The lowest BCUT2D eigenvalue weighted by molar-refractivity contribution is -0.117. The molecule has 1 aromatic rings. The molecule has 0 amide bonds. The molecule has 1 unspecified atom stereocenters. The number of carbonyl (C=O) groups is 1. The van der Waals surface area contributed by atoms with Crippen LogP contribution in [0.3, 0.4) is 0 Å². The molecule has 0 saturated carbocycles. The second-order valence-electron chi connectivity index (χ2n) is 3.29. The predicted octanol–water partition coefficient (Wildman–Crippen LogP) is 1.77. The van der Waals surface area contributed by atoms with Gasteiger partial charge in [-0.05, 0) is 13.8 Å². The van der Waals surface area contributed by atoms with E-state index in [0.29, 0.717) is 0 Å². The Hall–Kier alpha value is -1.31. The van der Waals surface area contributed by atoms with Crippen LogP contribution in [-0.2, 0) is 15.1 Å². The van der Waals surface area contributed by atoms with E-state index in [2.05, 4.69) is 0 Å². The zero-order valence-corrected chi connectivity index (χ0v) is 7.13. The summed E-state index contributed by atoms with van der Waals surface area (Å²) in [6.07, 6.45) is 0. The Kier molecular flexibility index (Phi) is 1.28. The first-order chi connectivity index (χ1) is 5.63. The number of aryl methyl sites for hydroxylation is 1. The molecule has 0 aromatic heterocycles. The summed E-state index contributed by atoms with van der Waals surface area (Å²) in [5.74, 6) is -0.133. The number of benzene rings is 1. The molecule has 1 aliphatic heterocycles. The van der Waals surface area contributed by atoms with Gasteiger partial charge in [0.25, 0.3) is 0 Å². The molecule has 1 fully saturated rings. The zero-order valence-electron chi connectivity index (χ0n) is 7.13. The fourth-order valence-corrected chi connectivity index (χ4v) is 1.21. The quantitative estimate of drug-likeness (QED) is 0.589. The van der Waals surface area contributed by atoms with Gasteiger partial charge in [0.1, 0.15) is 0 Å². The zero-order chi connectivity index (χ0) is 8.77. The molecule has 2 heteroatoms. The summed E-state index contributed by atoms with van der Waals surface area (Å²) in [4.78, 5) is 10.9. The lowest BCUT2D eigenvalue weighted by atomic mass is 10.0. The van der Waals surface area contributed by atoms with Crippen molar-refractivity contribution in [1.82, 2.24) is 0 Å². The minimum Gasteiger partial charge on any atom is -0.439 e. The van der Waals surface area contributed by atoms with E-state index in [9.17, 15) is 4.79 Å². The molecule has 2 nitrogen and oxygen atoms in total. The third-order valence-corrected chi connectivity index (χ3v) is 2.25. The van der Waals surface area contributed by atoms with Gasteiger partial charge in [-0.3, -0.25) is 0 Å². The summed E-state index contributed by atoms with van der Waals surface area (Å²) >= 11 is 0. The van der Waals surface area contributed by atoms with Crippen molar-refractivity contribution in [3.63, 3.8) is 0 Å². The van der Waals surface area contributed by atoms with Crippen molar-refractivity contribution in [1.29, 1.82) is 0 Å². The van der Waals surface area contributed by atoms with Crippen LogP contribution in [0, 0.1) is 6.92 Å². The first kappa shape index (κ1) is 7.35. The number of cyclic esters (lactones) is 1. The van der Waals surface area contributed by atoms with E-state index in [1.54, 1.807) is 6.92 Å². The highest BCUT2D eigenvalue weighted by Gasteiger charge is 2.54. The molecule has 1 atom stereocenters. The van der Waals surface area contributed by atoms with Crippen LogP contribution in [0.1, 0.15) is 18.1 Å². The van der Waals surface area contributed by atoms with Gasteiger partial charge in [-0.15, -0.1) is 0 Å². The SMILES string of the molecule is Cc1ccc(C2(C)OC2=O)cc1. The largest absolute Gasteiger partial charge is 0.439 e. The maximum atomic E-state index is 10.9.